The highest BCUT2D eigenvalue weighted by atomic mass is 32.2. The largest absolute Gasteiger partial charge is 0.454 e. The van der Waals surface area contributed by atoms with Crippen LogP contribution in [0.2, 0.25) is 0 Å². The highest BCUT2D eigenvalue weighted by Gasteiger charge is 2.25. The number of nitriles is 1. The molecule has 0 aliphatic carbocycles. The van der Waals surface area contributed by atoms with Crippen LogP contribution in [0.1, 0.15) is 5.56 Å². The van der Waals surface area contributed by atoms with Gasteiger partial charge < -0.3 is 14.0 Å². The number of sulfone groups is 1. The van der Waals surface area contributed by atoms with Crippen LogP contribution in [0, 0.1) is 11.3 Å². The lowest BCUT2D eigenvalue weighted by Crippen LogP contribution is -2.09. The molecule has 3 rings (SSSR count). The Morgan fingerprint density at radius 2 is 2.18 bits per heavy atom. The summed E-state index contributed by atoms with van der Waals surface area (Å²) in [5, 5.41) is 9.04. The van der Waals surface area contributed by atoms with Crippen molar-refractivity contribution in [2.75, 3.05) is 6.79 Å². The van der Waals surface area contributed by atoms with E-state index < -0.39 is 9.84 Å². The number of allylic oxidation sites excluding steroid dienone is 1. The van der Waals surface area contributed by atoms with Crippen LogP contribution < -0.4 is 9.47 Å². The lowest BCUT2D eigenvalue weighted by atomic mass is 10.2. The fourth-order valence-electron chi connectivity index (χ4n) is 2.03. The molecule has 112 valence electrons. The third-order valence-corrected chi connectivity index (χ3v) is 4.77. The molecule has 0 amide bonds. The van der Waals surface area contributed by atoms with Crippen molar-refractivity contribution in [1.29, 1.82) is 5.26 Å². The summed E-state index contributed by atoms with van der Waals surface area (Å²) in [5.74, 6) is 1.10. The summed E-state index contributed by atoms with van der Waals surface area (Å²) in [7, 11) is -2.42. The van der Waals surface area contributed by atoms with Gasteiger partial charge in [-0.3, -0.25) is 0 Å². The molecule has 0 saturated heterocycles. The second kappa shape index (κ2) is 5.20. The van der Waals surface area contributed by atoms with E-state index in [1.807, 2.05) is 0 Å². The van der Waals surface area contributed by atoms with E-state index in [-0.39, 0.29) is 16.9 Å². The van der Waals surface area contributed by atoms with Crippen molar-refractivity contribution < 1.29 is 17.9 Å². The number of aromatic nitrogens is 2. The molecule has 1 aliphatic heterocycles. The molecule has 0 spiro atoms. The summed E-state index contributed by atoms with van der Waals surface area (Å²) in [6.07, 6.45) is 4.15. The minimum Gasteiger partial charge on any atom is -0.454 e. The standard InChI is InChI=1S/C14H11N3O4S/c1-17-5-4-16-14(17)22(18,19)11(8-15)6-10-2-3-12-13(7-10)21-9-20-12/h2-7H,9H2,1H3. The van der Waals surface area contributed by atoms with E-state index in [1.165, 1.54) is 23.0 Å². The van der Waals surface area contributed by atoms with Crippen molar-refractivity contribution >= 4 is 15.9 Å². The Morgan fingerprint density at radius 3 is 2.86 bits per heavy atom. The first-order chi connectivity index (χ1) is 10.5. The molecule has 7 nitrogen and oxygen atoms in total. The van der Waals surface area contributed by atoms with Crippen LogP contribution in [0.4, 0.5) is 0 Å². The number of hydrogen-bond acceptors (Lipinski definition) is 6. The van der Waals surface area contributed by atoms with Gasteiger partial charge in [-0.05, 0) is 23.8 Å². The first-order valence-corrected chi connectivity index (χ1v) is 7.74. The summed E-state index contributed by atoms with van der Waals surface area (Å²) in [6, 6.07) is 6.66. The first kappa shape index (κ1) is 14.2. The summed E-state index contributed by atoms with van der Waals surface area (Å²) in [6.45, 7) is 0.124. The molecule has 22 heavy (non-hydrogen) atoms. The predicted octanol–water partition coefficient (Wildman–Crippen LogP) is 1.49. The van der Waals surface area contributed by atoms with Crippen LogP contribution in [-0.4, -0.2) is 24.8 Å². The van der Waals surface area contributed by atoms with E-state index in [0.29, 0.717) is 17.1 Å². The molecule has 0 unspecified atom stereocenters. The Bertz CT molecular complexity index is 906. The van der Waals surface area contributed by atoms with Crippen LogP contribution in [0.25, 0.3) is 6.08 Å². The smallest absolute Gasteiger partial charge is 0.250 e. The third-order valence-electron chi connectivity index (χ3n) is 3.11. The minimum absolute atomic E-state index is 0.124. The molecule has 2 heterocycles. The predicted molar refractivity (Wildman–Crippen MR) is 76.5 cm³/mol. The number of ether oxygens (including phenoxy) is 2. The number of aryl methyl sites for hydroxylation is 1. The molecule has 1 aromatic heterocycles. The number of rotatable bonds is 3. The number of nitrogens with zero attached hydrogens (tertiary/aromatic N) is 3. The van der Waals surface area contributed by atoms with Crippen LogP contribution in [-0.2, 0) is 16.9 Å². The van der Waals surface area contributed by atoms with E-state index in [4.69, 9.17) is 9.47 Å². The van der Waals surface area contributed by atoms with Gasteiger partial charge in [-0.25, -0.2) is 13.4 Å². The minimum atomic E-state index is -3.97. The zero-order valence-corrected chi connectivity index (χ0v) is 12.4. The molecule has 8 heteroatoms. The second-order valence-electron chi connectivity index (χ2n) is 4.56. The van der Waals surface area contributed by atoms with Gasteiger partial charge in [0.05, 0.1) is 0 Å². The maximum Gasteiger partial charge on any atom is 0.250 e. The van der Waals surface area contributed by atoms with Crippen molar-refractivity contribution in [2.24, 2.45) is 7.05 Å². The molecule has 0 fully saturated rings. The lowest BCUT2D eigenvalue weighted by molar-refractivity contribution is 0.174. The summed E-state index contributed by atoms with van der Waals surface area (Å²) in [5.41, 5.74) is 0.526. The van der Waals surface area contributed by atoms with E-state index >= 15 is 0 Å². The molecule has 0 bridgehead atoms. The van der Waals surface area contributed by atoms with Crippen molar-refractivity contribution in [2.45, 2.75) is 5.16 Å². The van der Waals surface area contributed by atoms with Crippen molar-refractivity contribution in [3.05, 3.63) is 41.1 Å². The monoisotopic (exact) mass is 317 g/mol. The van der Waals surface area contributed by atoms with Crippen molar-refractivity contribution in [3.63, 3.8) is 0 Å². The molecule has 2 aromatic rings. The zero-order chi connectivity index (χ0) is 15.7. The van der Waals surface area contributed by atoms with E-state index in [0.717, 1.165) is 0 Å². The van der Waals surface area contributed by atoms with Gasteiger partial charge in [-0.1, -0.05) is 6.07 Å². The fourth-order valence-corrected chi connectivity index (χ4v) is 3.28. The topological polar surface area (TPSA) is 94.2 Å². The third kappa shape index (κ3) is 2.31. The number of hydrogen-bond donors (Lipinski definition) is 0. The maximum absolute atomic E-state index is 12.5. The van der Waals surface area contributed by atoms with Gasteiger partial charge in [0.15, 0.2) is 16.4 Å². The number of fused-ring (bicyclic) bond motifs is 1. The van der Waals surface area contributed by atoms with Crippen LogP contribution in [0.5, 0.6) is 11.5 Å². The Labute approximate surface area is 127 Å². The quantitative estimate of drug-likeness (QED) is 0.796. The maximum atomic E-state index is 12.5. The Hall–Kier alpha value is -2.79. The second-order valence-corrected chi connectivity index (χ2v) is 6.37. The summed E-state index contributed by atoms with van der Waals surface area (Å²) >= 11 is 0. The van der Waals surface area contributed by atoms with Gasteiger partial charge in [0.25, 0.3) is 0 Å². The molecular formula is C14H11N3O4S. The highest BCUT2D eigenvalue weighted by Crippen LogP contribution is 2.33. The van der Waals surface area contributed by atoms with Gasteiger partial charge in [0.1, 0.15) is 6.07 Å². The summed E-state index contributed by atoms with van der Waals surface area (Å²) < 4.78 is 36.7. The van der Waals surface area contributed by atoms with Gasteiger partial charge in [0.2, 0.25) is 21.8 Å². The lowest BCUT2D eigenvalue weighted by Gasteiger charge is -2.03. The molecule has 0 N–H and O–H groups in total. The first-order valence-electron chi connectivity index (χ1n) is 6.26. The van der Waals surface area contributed by atoms with E-state index in [9.17, 15) is 13.7 Å². The van der Waals surface area contributed by atoms with E-state index in [2.05, 4.69) is 4.98 Å². The Kier molecular flexibility index (Phi) is 3.35. The Morgan fingerprint density at radius 1 is 1.41 bits per heavy atom. The average Bonchev–Trinajstić information content (AvgIpc) is 3.12. The van der Waals surface area contributed by atoms with Gasteiger partial charge in [-0.15, -0.1) is 0 Å². The molecule has 1 aromatic carbocycles. The normalized spacial score (nSPS) is 13.9. The molecular weight excluding hydrogens is 306 g/mol. The van der Waals surface area contributed by atoms with Crippen molar-refractivity contribution in [1.82, 2.24) is 9.55 Å². The highest BCUT2D eigenvalue weighted by molar-refractivity contribution is 7.95. The van der Waals surface area contributed by atoms with Crippen LogP contribution in [0.3, 0.4) is 0 Å². The van der Waals surface area contributed by atoms with Crippen LogP contribution >= 0.6 is 0 Å². The average molecular weight is 317 g/mol. The molecule has 0 radical (unpaired) electrons. The van der Waals surface area contributed by atoms with Crippen molar-refractivity contribution in [3.8, 4) is 17.6 Å². The van der Waals surface area contributed by atoms with Gasteiger partial charge in [0, 0.05) is 19.4 Å². The molecule has 0 saturated carbocycles. The number of imidazole rings is 1. The number of benzene rings is 1. The van der Waals surface area contributed by atoms with Gasteiger partial charge >= 0.3 is 0 Å². The van der Waals surface area contributed by atoms with Gasteiger partial charge in [-0.2, -0.15) is 5.26 Å². The van der Waals surface area contributed by atoms with E-state index in [1.54, 1.807) is 31.3 Å². The SMILES string of the molecule is Cn1ccnc1S(=O)(=O)C(C#N)=Cc1ccc2c(c1)OCO2. The Balaban J connectivity index is 2.05. The molecule has 1 aliphatic rings. The zero-order valence-electron chi connectivity index (χ0n) is 11.6. The fraction of sp³-hybridized carbons (Fsp3) is 0.143. The van der Waals surface area contributed by atoms with Crippen LogP contribution in [0.15, 0.2) is 40.7 Å². The molecule has 0 atom stereocenters. The summed E-state index contributed by atoms with van der Waals surface area (Å²) in [4.78, 5) is 3.41.